The zero-order valence-corrected chi connectivity index (χ0v) is 8.43. The molecule has 14 heavy (non-hydrogen) atoms. The van der Waals surface area contributed by atoms with Crippen LogP contribution in [0.25, 0.3) is 0 Å². The van der Waals surface area contributed by atoms with Crippen molar-refractivity contribution in [2.75, 3.05) is 13.2 Å². The number of hydrogen-bond donors (Lipinski definition) is 1. The summed E-state index contributed by atoms with van der Waals surface area (Å²) in [5, 5.41) is 10.1. The Bertz CT molecular complexity index is 231. The molecule has 0 aromatic heterocycles. The number of ether oxygens (including phenoxy) is 1. The van der Waals surface area contributed by atoms with E-state index in [4.69, 9.17) is 4.74 Å². The molecule has 78 valence electrons. The van der Waals surface area contributed by atoms with Crippen LogP contribution >= 0.6 is 0 Å². The first-order valence-electron chi connectivity index (χ1n) is 5.77. The van der Waals surface area contributed by atoms with Gasteiger partial charge in [0.05, 0.1) is 19.3 Å². The molecule has 0 amide bonds. The van der Waals surface area contributed by atoms with Crippen LogP contribution in [-0.2, 0) is 4.74 Å². The second-order valence-corrected chi connectivity index (χ2v) is 5.05. The molecule has 1 saturated heterocycles. The van der Waals surface area contributed by atoms with E-state index in [0.29, 0.717) is 23.7 Å². The molecule has 0 aromatic carbocycles. The lowest BCUT2D eigenvalue weighted by Gasteiger charge is -2.16. The first-order chi connectivity index (χ1) is 6.86. The van der Waals surface area contributed by atoms with Gasteiger partial charge in [-0.25, -0.2) is 0 Å². The minimum absolute atomic E-state index is 0.0567. The van der Waals surface area contributed by atoms with Crippen molar-refractivity contribution in [1.29, 1.82) is 0 Å². The maximum Gasteiger partial charge on any atom is 0.0578 e. The number of aliphatic hydroxyl groups excluding tert-OH is 1. The van der Waals surface area contributed by atoms with Gasteiger partial charge in [-0.2, -0.15) is 0 Å². The van der Waals surface area contributed by atoms with Gasteiger partial charge in [0.15, 0.2) is 0 Å². The van der Waals surface area contributed by atoms with Gasteiger partial charge in [0.1, 0.15) is 0 Å². The van der Waals surface area contributed by atoms with Crippen molar-refractivity contribution in [1.82, 2.24) is 0 Å². The fraction of sp³-hybridized carbons (Fsp3) is 0.833. The van der Waals surface area contributed by atoms with Crippen molar-refractivity contribution in [2.45, 2.75) is 25.4 Å². The molecule has 1 aliphatic heterocycles. The normalized spacial score (nSPS) is 42.8. The van der Waals surface area contributed by atoms with Crippen LogP contribution in [0.15, 0.2) is 12.2 Å². The topological polar surface area (TPSA) is 29.5 Å². The van der Waals surface area contributed by atoms with Gasteiger partial charge in [-0.3, -0.25) is 0 Å². The molecule has 3 unspecified atom stereocenters. The van der Waals surface area contributed by atoms with Crippen LogP contribution in [0.1, 0.15) is 19.3 Å². The predicted octanol–water partition coefficient (Wildman–Crippen LogP) is 1.60. The molecule has 2 heteroatoms. The minimum Gasteiger partial charge on any atom is -0.393 e. The number of allylic oxidation sites excluding steroid dienone is 2. The van der Waals surface area contributed by atoms with E-state index in [2.05, 4.69) is 12.2 Å². The van der Waals surface area contributed by atoms with Gasteiger partial charge in [-0.1, -0.05) is 12.2 Å². The van der Waals surface area contributed by atoms with Gasteiger partial charge in [0, 0.05) is 0 Å². The van der Waals surface area contributed by atoms with E-state index in [1.807, 2.05) is 0 Å². The third kappa shape index (κ3) is 1.41. The Balaban J connectivity index is 1.49. The van der Waals surface area contributed by atoms with Crippen molar-refractivity contribution in [3.05, 3.63) is 12.2 Å². The molecular formula is C12H18O2. The van der Waals surface area contributed by atoms with Crippen LogP contribution in [0.3, 0.4) is 0 Å². The Morgan fingerprint density at radius 3 is 2.50 bits per heavy atom. The third-order valence-corrected chi connectivity index (χ3v) is 4.14. The molecule has 0 bridgehead atoms. The van der Waals surface area contributed by atoms with Crippen molar-refractivity contribution < 1.29 is 9.84 Å². The lowest BCUT2D eigenvalue weighted by molar-refractivity contribution is 0.0735. The lowest BCUT2D eigenvalue weighted by atomic mass is 9.96. The van der Waals surface area contributed by atoms with Crippen LogP contribution in [0.2, 0.25) is 0 Å². The fourth-order valence-electron chi connectivity index (χ4n) is 3.22. The summed E-state index contributed by atoms with van der Waals surface area (Å²) in [6.07, 6.45) is 7.79. The highest BCUT2D eigenvalue weighted by Crippen LogP contribution is 2.53. The van der Waals surface area contributed by atoms with Crippen molar-refractivity contribution in [3.8, 4) is 0 Å². The van der Waals surface area contributed by atoms with E-state index in [-0.39, 0.29) is 6.10 Å². The molecule has 0 spiro atoms. The van der Waals surface area contributed by atoms with Gasteiger partial charge in [-0.15, -0.1) is 0 Å². The molecule has 2 fully saturated rings. The van der Waals surface area contributed by atoms with Crippen LogP contribution in [0.5, 0.6) is 0 Å². The number of hydrogen-bond acceptors (Lipinski definition) is 2. The summed E-state index contributed by atoms with van der Waals surface area (Å²) < 4.78 is 5.33. The zero-order valence-electron chi connectivity index (χ0n) is 8.43. The van der Waals surface area contributed by atoms with E-state index < -0.39 is 0 Å². The van der Waals surface area contributed by atoms with Crippen LogP contribution in [-0.4, -0.2) is 24.4 Å². The van der Waals surface area contributed by atoms with Gasteiger partial charge >= 0.3 is 0 Å². The summed E-state index contributed by atoms with van der Waals surface area (Å²) in [7, 11) is 0. The summed E-state index contributed by atoms with van der Waals surface area (Å²) in [5.41, 5.74) is 0. The van der Waals surface area contributed by atoms with Gasteiger partial charge in [-0.05, 0) is 42.9 Å². The standard InChI is InChI=1S/C12H18O2/c13-11(5-8-3-1-2-4-8)12-9-6-14-7-10(9)12/h1-2,8-13H,3-7H2. The molecule has 1 heterocycles. The Kier molecular flexibility index (Phi) is 2.14. The summed E-state index contributed by atoms with van der Waals surface area (Å²) >= 11 is 0. The highest BCUT2D eigenvalue weighted by atomic mass is 16.5. The lowest BCUT2D eigenvalue weighted by Crippen LogP contribution is -2.18. The Labute approximate surface area is 85.0 Å². The molecule has 0 aromatic rings. The zero-order chi connectivity index (χ0) is 9.54. The first-order valence-corrected chi connectivity index (χ1v) is 5.77. The average molecular weight is 194 g/mol. The summed E-state index contributed by atoms with van der Waals surface area (Å²) in [6.45, 7) is 1.80. The van der Waals surface area contributed by atoms with Crippen molar-refractivity contribution in [3.63, 3.8) is 0 Å². The highest BCUT2D eigenvalue weighted by Gasteiger charge is 2.56. The minimum atomic E-state index is -0.0567. The quantitative estimate of drug-likeness (QED) is 0.691. The van der Waals surface area contributed by atoms with E-state index >= 15 is 0 Å². The van der Waals surface area contributed by atoms with E-state index in [9.17, 15) is 5.11 Å². The van der Waals surface area contributed by atoms with Crippen LogP contribution < -0.4 is 0 Å². The molecule has 3 atom stereocenters. The summed E-state index contributed by atoms with van der Waals surface area (Å²) in [6, 6.07) is 0. The predicted molar refractivity (Wildman–Crippen MR) is 53.8 cm³/mol. The average Bonchev–Trinajstić information content (AvgIpc) is 2.63. The first kappa shape index (κ1) is 8.93. The molecule has 2 aliphatic carbocycles. The van der Waals surface area contributed by atoms with Gasteiger partial charge < -0.3 is 9.84 Å². The van der Waals surface area contributed by atoms with Crippen LogP contribution in [0.4, 0.5) is 0 Å². The number of rotatable bonds is 3. The van der Waals surface area contributed by atoms with Crippen LogP contribution in [0, 0.1) is 23.7 Å². The molecule has 0 radical (unpaired) electrons. The third-order valence-electron chi connectivity index (χ3n) is 4.14. The second kappa shape index (κ2) is 3.35. The molecule has 2 nitrogen and oxygen atoms in total. The van der Waals surface area contributed by atoms with E-state index in [0.717, 1.165) is 19.6 Å². The molecule has 3 aliphatic rings. The summed E-state index contributed by atoms with van der Waals surface area (Å²) in [5.74, 6) is 2.68. The smallest absolute Gasteiger partial charge is 0.0578 e. The Morgan fingerprint density at radius 2 is 1.86 bits per heavy atom. The second-order valence-electron chi connectivity index (χ2n) is 5.05. The summed E-state index contributed by atoms with van der Waals surface area (Å²) in [4.78, 5) is 0. The van der Waals surface area contributed by atoms with Crippen molar-refractivity contribution >= 4 is 0 Å². The number of aliphatic hydroxyl groups is 1. The SMILES string of the molecule is OC(CC1CC=CC1)C1C2COCC21. The Morgan fingerprint density at radius 1 is 1.21 bits per heavy atom. The monoisotopic (exact) mass is 194 g/mol. The van der Waals surface area contributed by atoms with E-state index in [1.165, 1.54) is 12.8 Å². The molecule has 1 saturated carbocycles. The molecule has 3 rings (SSSR count). The number of fused-ring (bicyclic) bond motifs is 1. The maximum atomic E-state index is 10.1. The maximum absolute atomic E-state index is 10.1. The van der Waals surface area contributed by atoms with Crippen molar-refractivity contribution in [2.24, 2.45) is 23.7 Å². The largest absolute Gasteiger partial charge is 0.393 e. The molecule has 1 N–H and O–H groups in total. The van der Waals surface area contributed by atoms with Gasteiger partial charge in [0.25, 0.3) is 0 Å². The van der Waals surface area contributed by atoms with E-state index in [1.54, 1.807) is 0 Å². The highest BCUT2D eigenvalue weighted by molar-refractivity contribution is 5.05. The Hall–Kier alpha value is -0.340. The molecular weight excluding hydrogens is 176 g/mol. The fourth-order valence-corrected chi connectivity index (χ4v) is 3.22. The van der Waals surface area contributed by atoms with Gasteiger partial charge in [0.2, 0.25) is 0 Å².